The van der Waals surface area contributed by atoms with Crippen LogP contribution in [0.3, 0.4) is 0 Å². The fourth-order valence-corrected chi connectivity index (χ4v) is 2.57. The number of nitrogens with zero attached hydrogens (tertiary/aromatic N) is 2. The molecule has 2 rings (SSSR count). The van der Waals surface area contributed by atoms with E-state index in [1.54, 1.807) is 0 Å². The molecule has 1 atom stereocenters. The average molecular weight is 247 g/mol. The lowest BCUT2D eigenvalue weighted by Crippen LogP contribution is -2.46. The summed E-state index contributed by atoms with van der Waals surface area (Å²) in [5, 5.41) is 3.48. The number of hydrogen-bond donors (Lipinski definition) is 1. The van der Waals surface area contributed by atoms with Crippen molar-refractivity contribution in [3.8, 4) is 0 Å². The minimum atomic E-state index is 0.732. The fraction of sp³-hybridized carbons (Fsp3) is 0.600. The van der Waals surface area contributed by atoms with Gasteiger partial charge in [0.2, 0.25) is 0 Å². The van der Waals surface area contributed by atoms with Crippen molar-refractivity contribution in [2.45, 2.75) is 18.9 Å². The molecule has 0 bridgehead atoms. The van der Waals surface area contributed by atoms with E-state index in [9.17, 15) is 0 Å². The van der Waals surface area contributed by atoms with Crippen molar-refractivity contribution < 1.29 is 0 Å². The van der Waals surface area contributed by atoms with Gasteiger partial charge in [-0.2, -0.15) is 0 Å². The van der Waals surface area contributed by atoms with Crippen LogP contribution in [0.4, 0.5) is 5.69 Å². The Hall–Kier alpha value is -1.06. The zero-order valence-corrected chi connectivity index (χ0v) is 11.6. The van der Waals surface area contributed by atoms with Crippen LogP contribution in [0.15, 0.2) is 30.3 Å². The monoisotopic (exact) mass is 247 g/mol. The maximum Gasteiger partial charge on any atom is 0.0340 e. The van der Waals surface area contributed by atoms with Crippen LogP contribution < -0.4 is 5.32 Å². The SMILES string of the molecule is CN(C)C1CCCN(CCNc2ccccc2)C1. The first-order chi connectivity index (χ1) is 8.75. The molecule has 1 aliphatic heterocycles. The van der Waals surface area contributed by atoms with Crippen LogP contribution in [0, 0.1) is 0 Å². The van der Waals surface area contributed by atoms with Gasteiger partial charge in [0.05, 0.1) is 0 Å². The molecule has 3 heteroatoms. The van der Waals surface area contributed by atoms with Crippen molar-refractivity contribution in [3.63, 3.8) is 0 Å². The van der Waals surface area contributed by atoms with Crippen LogP contribution in [0.5, 0.6) is 0 Å². The molecule has 1 aromatic carbocycles. The number of benzene rings is 1. The Morgan fingerprint density at radius 2 is 2.06 bits per heavy atom. The van der Waals surface area contributed by atoms with Crippen LogP contribution in [-0.4, -0.2) is 56.1 Å². The van der Waals surface area contributed by atoms with Gasteiger partial charge in [-0.15, -0.1) is 0 Å². The first-order valence-corrected chi connectivity index (χ1v) is 6.93. The maximum atomic E-state index is 3.48. The summed E-state index contributed by atoms with van der Waals surface area (Å²) < 4.78 is 0. The standard InChI is InChI=1S/C15H25N3/c1-17(2)15-9-6-11-18(13-15)12-10-16-14-7-4-3-5-8-14/h3-5,7-8,15-16H,6,9-13H2,1-2H3. The van der Waals surface area contributed by atoms with Gasteiger partial charge < -0.3 is 15.1 Å². The molecule has 1 fully saturated rings. The first kappa shape index (κ1) is 13.4. The number of likely N-dealkylation sites (N-methyl/N-ethyl adjacent to an activating group) is 1. The lowest BCUT2D eigenvalue weighted by Gasteiger charge is -2.36. The molecule has 3 nitrogen and oxygen atoms in total. The number of rotatable bonds is 5. The highest BCUT2D eigenvalue weighted by Crippen LogP contribution is 2.13. The second-order valence-electron chi connectivity index (χ2n) is 5.35. The molecule has 18 heavy (non-hydrogen) atoms. The van der Waals surface area contributed by atoms with Crippen LogP contribution in [-0.2, 0) is 0 Å². The Morgan fingerprint density at radius 1 is 1.28 bits per heavy atom. The normalized spacial score (nSPS) is 21.2. The van der Waals surface area contributed by atoms with Crippen LogP contribution in [0.1, 0.15) is 12.8 Å². The average Bonchev–Trinajstić information content (AvgIpc) is 2.40. The second-order valence-corrected chi connectivity index (χ2v) is 5.35. The van der Waals surface area contributed by atoms with E-state index in [4.69, 9.17) is 0 Å². The summed E-state index contributed by atoms with van der Waals surface area (Å²) in [6, 6.07) is 11.2. The number of para-hydroxylation sites is 1. The number of nitrogens with one attached hydrogen (secondary N) is 1. The fourth-order valence-electron chi connectivity index (χ4n) is 2.57. The van der Waals surface area contributed by atoms with Crippen LogP contribution in [0.25, 0.3) is 0 Å². The first-order valence-electron chi connectivity index (χ1n) is 6.93. The molecular formula is C15H25N3. The molecule has 0 saturated carbocycles. The third kappa shape index (κ3) is 4.00. The van der Waals surface area contributed by atoms with Crippen molar-refractivity contribution in [1.82, 2.24) is 9.80 Å². The van der Waals surface area contributed by atoms with Gasteiger partial charge >= 0.3 is 0 Å². The maximum absolute atomic E-state index is 3.48. The molecule has 0 amide bonds. The summed E-state index contributed by atoms with van der Waals surface area (Å²) >= 11 is 0. The molecule has 0 radical (unpaired) electrons. The van der Waals surface area contributed by atoms with Gasteiger partial charge in [0.1, 0.15) is 0 Å². The molecule has 1 unspecified atom stereocenters. The zero-order valence-electron chi connectivity index (χ0n) is 11.6. The molecule has 1 heterocycles. The van der Waals surface area contributed by atoms with E-state index in [-0.39, 0.29) is 0 Å². The van der Waals surface area contributed by atoms with E-state index >= 15 is 0 Å². The highest BCUT2D eigenvalue weighted by molar-refractivity contribution is 5.42. The largest absolute Gasteiger partial charge is 0.384 e. The quantitative estimate of drug-likeness (QED) is 0.860. The number of anilines is 1. The minimum absolute atomic E-state index is 0.732. The van der Waals surface area contributed by atoms with Crippen molar-refractivity contribution in [2.24, 2.45) is 0 Å². The third-order valence-electron chi connectivity index (χ3n) is 3.74. The van der Waals surface area contributed by atoms with Crippen molar-refractivity contribution in [3.05, 3.63) is 30.3 Å². The summed E-state index contributed by atoms with van der Waals surface area (Å²) in [7, 11) is 4.38. The predicted molar refractivity (Wildman–Crippen MR) is 78.1 cm³/mol. The summed E-state index contributed by atoms with van der Waals surface area (Å²) in [5.41, 5.74) is 1.22. The topological polar surface area (TPSA) is 18.5 Å². The van der Waals surface area contributed by atoms with Gasteiger partial charge in [-0.25, -0.2) is 0 Å². The van der Waals surface area contributed by atoms with E-state index in [1.807, 2.05) is 0 Å². The zero-order chi connectivity index (χ0) is 12.8. The van der Waals surface area contributed by atoms with Crippen LogP contribution in [0.2, 0.25) is 0 Å². The van der Waals surface area contributed by atoms with E-state index in [1.165, 1.54) is 31.6 Å². The molecule has 1 saturated heterocycles. The molecular weight excluding hydrogens is 222 g/mol. The highest BCUT2D eigenvalue weighted by atomic mass is 15.2. The van der Waals surface area contributed by atoms with Gasteiger partial charge in [0, 0.05) is 31.4 Å². The summed E-state index contributed by atoms with van der Waals surface area (Å²) in [4.78, 5) is 4.93. The number of hydrogen-bond acceptors (Lipinski definition) is 3. The summed E-state index contributed by atoms with van der Waals surface area (Å²) in [6.07, 6.45) is 2.67. The second kappa shape index (κ2) is 6.76. The number of likely N-dealkylation sites (tertiary alicyclic amines) is 1. The van der Waals surface area contributed by atoms with Crippen molar-refractivity contribution in [2.75, 3.05) is 45.6 Å². The van der Waals surface area contributed by atoms with Gasteiger partial charge in [0.15, 0.2) is 0 Å². The van der Waals surface area contributed by atoms with E-state index in [0.29, 0.717) is 0 Å². The van der Waals surface area contributed by atoms with Crippen molar-refractivity contribution in [1.29, 1.82) is 0 Å². The van der Waals surface area contributed by atoms with Gasteiger partial charge in [-0.05, 0) is 45.6 Å². The molecule has 1 N–H and O–H groups in total. The molecule has 0 aliphatic carbocycles. The molecule has 0 spiro atoms. The van der Waals surface area contributed by atoms with Crippen LogP contribution >= 0.6 is 0 Å². The lowest BCUT2D eigenvalue weighted by atomic mass is 10.1. The van der Waals surface area contributed by atoms with Gasteiger partial charge in [-0.1, -0.05) is 18.2 Å². The predicted octanol–water partition coefficient (Wildman–Crippen LogP) is 2.12. The summed E-state index contributed by atoms with van der Waals surface area (Å²) in [5.74, 6) is 0. The molecule has 100 valence electrons. The Bertz CT molecular complexity index is 337. The van der Waals surface area contributed by atoms with Gasteiger partial charge in [0.25, 0.3) is 0 Å². The Kier molecular flexibility index (Phi) is 5.02. The molecule has 1 aliphatic rings. The summed E-state index contributed by atoms with van der Waals surface area (Å²) in [6.45, 7) is 4.63. The lowest BCUT2D eigenvalue weighted by molar-refractivity contribution is 0.137. The molecule has 1 aromatic rings. The van der Waals surface area contributed by atoms with Crippen molar-refractivity contribution >= 4 is 5.69 Å². The van der Waals surface area contributed by atoms with E-state index in [0.717, 1.165) is 19.1 Å². The Labute approximate surface area is 111 Å². The van der Waals surface area contributed by atoms with E-state index < -0.39 is 0 Å². The smallest absolute Gasteiger partial charge is 0.0340 e. The number of piperidine rings is 1. The Balaban J connectivity index is 1.70. The third-order valence-corrected chi connectivity index (χ3v) is 3.74. The molecule has 0 aromatic heterocycles. The minimum Gasteiger partial charge on any atom is -0.384 e. The highest BCUT2D eigenvalue weighted by Gasteiger charge is 2.20. The van der Waals surface area contributed by atoms with Gasteiger partial charge in [-0.3, -0.25) is 0 Å². The van der Waals surface area contributed by atoms with E-state index in [2.05, 4.69) is 59.5 Å². The Morgan fingerprint density at radius 3 is 2.78 bits per heavy atom.